The van der Waals surface area contributed by atoms with Gasteiger partial charge in [-0.2, -0.15) is 0 Å². The number of amides is 1. The Labute approximate surface area is 349 Å². The lowest BCUT2D eigenvalue weighted by molar-refractivity contribution is -0.151. The van der Waals surface area contributed by atoms with Crippen molar-refractivity contribution in [1.29, 1.82) is 0 Å². The molecule has 0 fully saturated rings. The molecule has 3 unspecified atom stereocenters. The second-order valence-electron chi connectivity index (χ2n) is 17.2. The van der Waals surface area contributed by atoms with Gasteiger partial charge in [-0.05, 0) is 51.4 Å². The van der Waals surface area contributed by atoms with E-state index in [-0.39, 0.29) is 24.9 Å². The van der Waals surface area contributed by atoms with Gasteiger partial charge in [0.15, 0.2) is 0 Å². The van der Waals surface area contributed by atoms with E-state index in [0.29, 0.717) is 19.3 Å². The van der Waals surface area contributed by atoms with Gasteiger partial charge in [-0.1, -0.05) is 219 Å². The van der Waals surface area contributed by atoms with E-state index in [0.717, 1.165) is 51.4 Å². The van der Waals surface area contributed by atoms with Gasteiger partial charge in [-0.3, -0.25) is 9.59 Å². The number of unbranched alkanes of at least 4 members (excludes halogenated alkanes) is 31. The van der Waals surface area contributed by atoms with Crippen molar-refractivity contribution in [2.75, 3.05) is 6.61 Å². The molecule has 332 valence electrons. The maximum Gasteiger partial charge on any atom is 0.306 e. The molecule has 0 rings (SSSR count). The van der Waals surface area contributed by atoms with Crippen molar-refractivity contribution in [1.82, 2.24) is 5.32 Å². The van der Waals surface area contributed by atoms with E-state index < -0.39 is 18.2 Å². The lowest BCUT2D eigenvalue weighted by atomic mass is 10.0. The summed E-state index contributed by atoms with van der Waals surface area (Å²) in [5.41, 5.74) is 0. The number of hydrogen-bond donors (Lipinski definition) is 3. The fraction of sp³-hybridized carbons (Fsp3) is 0.920. The Bertz CT molecular complexity index is 847. The van der Waals surface area contributed by atoms with Gasteiger partial charge in [0.1, 0.15) is 6.10 Å². The second-order valence-corrected chi connectivity index (χ2v) is 17.2. The Morgan fingerprint density at radius 3 is 1.30 bits per heavy atom. The van der Waals surface area contributed by atoms with E-state index in [1.54, 1.807) is 0 Å². The third-order valence-electron chi connectivity index (χ3n) is 11.6. The maximum atomic E-state index is 13.1. The van der Waals surface area contributed by atoms with Crippen molar-refractivity contribution in [2.24, 2.45) is 0 Å². The van der Waals surface area contributed by atoms with E-state index in [9.17, 15) is 19.8 Å². The number of allylic oxidation sites excluding steroid dienone is 2. The summed E-state index contributed by atoms with van der Waals surface area (Å²) in [6.07, 6.45) is 48.5. The van der Waals surface area contributed by atoms with Crippen molar-refractivity contribution >= 4 is 11.9 Å². The van der Waals surface area contributed by atoms with Crippen LogP contribution in [-0.4, -0.2) is 46.9 Å². The Hall–Kier alpha value is -1.40. The van der Waals surface area contributed by atoms with Gasteiger partial charge in [-0.15, -0.1) is 0 Å². The van der Waals surface area contributed by atoms with Crippen LogP contribution in [0.4, 0.5) is 0 Å². The topological polar surface area (TPSA) is 95.9 Å². The van der Waals surface area contributed by atoms with Gasteiger partial charge >= 0.3 is 5.97 Å². The predicted octanol–water partition coefficient (Wildman–Crippen LogP) is 14.6. The molecule has 0 bridgehead atoms. The number of rotatable bonds is 45. The minimum Gasteiger partial charge on any atom is -0.462 e. The molecule has 0 aliphatic carbocycles. The summed E-state index contributed by atoms with van der Waals surface area (Å²) >= 11 is 0. The highest BCUT2D eigenvalue weighted by Crippen LogP contribution is 2.18. The zero-order chi connectivity index (χ0) is 41.0. The van der Waals surface area contributed by atoms with Gasteiger partial charge in [0, 0.05) is 6.42 Å². The fourth-order valence-corrected chi connectivity index (χ4v) is 7.78. The number of carbonyl (C=O) groups is 2. The molecule has 3 atom stereocenters. The first-order valence-electron chi connectivity index (χ1n) is 24.9. The van der Waals surface area contributed by atoms with Gasteiger partial charge < -0.3 is 20.3 Å². The average molecular weight is 792 g/mol. The maximum absolute atomic E-state index is 13.1. The molecule has 0 heterocycles. The largest absolute Gasteiger partial charge is 0.462 e. The second kappa shape index (κ2) is 44.7. The van der Waals surface area contributed by atoms with Crippen molar-refractivity contribution in [2.45, 2.75) is 289 Å². The third kappa shape index (κ3) is 39.4. The van der Waals surface area contributed by atoms with Crippen LogP contribution in [0.1, 0.15) is 271 Å². The molecule has 1 amide bonds. The molecule has 0 spiro atoms. The summed E-state index contributed by atoms with van der Waals surface area (Å²) in [7, 11) is 0. The first-order valence-corrected chi connectivity index (χ1v) is 24.9. The molecular weight excluding hydrogens is 695 g/mol. The summed E-state index contributed by atoms with van der Waals surface area (Å²) in [5, 5.41) is 23.7. The number of ether oxygens (including phenoxy) is 1. The number of carbonyl (C=O) groups excluding carboxylic acids is 2. The van der Waals surface area contributed by atoms with Gasteiger partial charge in [0.2, 0.25) is 5.91 Å². The van der Waals surface area contributed by atoms with Gasteiger partial charge in [-0.25, -0.2) is 0 Å². The quantitative estimate of drug-likeness (QED) is 0.0324. The molecule has 0 aromatic carbocycles. The van der Waals surface area contributed by atoms with E-state index in [1.165, 1.54) is 173 Å². The molecule has 0 aliphatic rings. The highest BCUT2D eigenvalue weighted by Gasteiger charge is 2.24. The lowest BCUT2D eigenvalue weighted by Gasteiger charge is -2.24. The van der Waals surface area contributed by atoms with E-state index in [2.05, 4.69) is 38.2 Å². The first-order chi connectivity index (χ1) is 27.5. The molecule has 0 aliphatic heterocycles. The standard InChI is InChI=1S/C50H97NO5/c1-4-7-10-13-16-19-21-23-24-25-26-27-28-30-33-36-39-42-48(53)47(45-52)51-49(54)44-46(41-38-35-32-18-15-12-9-6-3)56-50(55)43-40-37-34-31-29-22-20-17-14-11-8-5-2/h17,20,46-48,52-53H,4-16,18-19,21-45H2,1-3H3,(H,51,54)/b20-17-. The number of aliphatic hydroxyl groups is 2. The molecule has 6 heteroatoms. The lowest BCUT2D eigenvalue weighted by Crippen LogP contribution is -2.46. The predicted molar refractivity (Wildman–Crippen MR) is 241 cm³/mol. The molecule has 3 N–H and O–H groups in total. The number of hydrogen-bond acceptors (Lipinski definition) is 5. The van der Waals surface area contributed by atoms with Gasteiger partial charge in [0.25, 0.3) is 0 Å². The SMILES string of the molecule is CCCCC/C=C\CCCCCCCC(=O)OC(CCCCCCCCCC)CC(=O)NC(CO)C(O)CCCCCCCCCCCCCCCCCCC. The third-order valence-corrected chi connectivity index (χ3v) is 11.6. The molecule has 6 nitrogen and oxygen atoms in total. The highest BCUT2D eigenvalue weighted by atomic mass is 16.5. The summed E-state index contributed by atoms with van der Waals surface area (Å²) in [6.45, 7) is 6.45. The molecule has 0 saturated carbocycles. The number of nitrogens with one attached hydrogen (secondary N) is 1. The summed E-state index contributed by atoms with van der Waals surface area (Å²) in [5.74, 6) is -0.475. The summed E-state index contributed by atoms with van der Waals surface area (Å²) < 4.78 is 5.89. The van der Waals surface area contributed by atoms with Crippen LogP contribution in [0, 0.1) is 0 Å². The van der Waals surface area contributed by atoms with Crippen LogP contribution in [0.25, 0.3) is 0 Å². The molecular formula is C50H97NO5. The minimum absolute atomic E-state index is 0.0799. The average Bonchev–Trinajstić information content (AvgIpc) is 3.19. The van der Waals surface area contributed by atoms with Crippen molar-refractivity contribution in [3.63, 3.8) is 0 Å². The Kier molecular flexibility index (Phi) is 43.6. The number of aliphatic hydroxyl groups excluding tert-OH is 2. The normalized spacial score (nSPS) is 13.3. The van der Waals surface area contributed by atoms with Crippen LogP contribution < -0.4 is 5.32 Å². The van der Waals surface area contributed by atoms with E-state index >= 15 is 0 Å². The molecule has 0 saturated heterocycles. The van der Waals surface area contributed by atoms with E-state index in [1.807, 2.05) is 0 Å². The van der Waals surface area contributed by atoms with Crippen LogP contribution in [-0.2, 0) is 14.3 Å². The van der Waals surface area contributed by atoms with Crippen molar-refractivity contribution in [3.05, 3.63) is 12.2 Å². The minimum atomic E-state index is -0.782. The van der Waals surface area contributed by atoms with Crippen molar-refractivity contribution in [3.8, 4) is 0 Å². The summed E-state index contributed by atoms with van der Waals surface area (Å²) in [6, 6.07) is -0.695. The molecule has 56 heavy (non-hydrogen) atoms. The molecule has 0 radical (unpaired) electrons. The van der Waals surface area contributed by atoms with Crippen molar-refractivity contribution < 1.29 is 24.5 Å². The molecule has 0 aromatic heterocycles. The Morgan fingerprint density at radius 1 is 0.500 bits per heavy atom. The Morgan fingerprint density at radius 2 is 0.857 bits per heavy atom. The highest BCUT2D eigenvalue weighted by molar-refractivity contribution is 5.77. The first kappa shape index (κ1) is 54.6. The van der Waals surface area contributed by atoms with Crippen LogP contribution in [0.15, 0.2) is 12.2 Å². The molecule has 0 aromatic rings. The smallest absolute Gasteiger partial charge is 0.306 e. The van der Waals surface area contributed by atoms with E-state index in [4.69, 9.17) is 4.74 Å². The monoisotopic (exact) mass is 792 g/mol. The zero-order valence-electron chi connectivity index (χ0n) is 37.8. The number of esters is 1. The van der Waals surface area contributed by atoms with Crippen LogP contribution >= 0.6 is 0 Å². The fourth-order valence-electron chi connectivity index (χ4n) is 7.78. The van der Waals surface area contributed by atoms with Crippen LogP contribution in [0.2, 0.25) is 0 Å². The van der Waals surface area contributed by atoms with Crippen LogP contribution in [0.5, 0.6) is 0 Å². The zero-order valence-corrected chi connectivity index (χ0v) is 37.8. The van der Waals surface area contributed by atoms with Gasteiger partial charge in [0.05, 0.1) is 25.2 Å². The Balaban J connectivity index is 4.36. The summed E-state index contributed by atoms with van der Waals surface area (Å²) in [4.78, 5) is 26.0. The van der Waals surface area contributed by atoms with Crippen LogP contribution in [0.3, 0.4) is 0 Å².